The number of fused-ring (bicyclic) bond motifs is 7. The van der Waals surface area contributed by atoms with Crippen LogP contribution in [0.5, 0.6) is 0 Å². The number of imide groups is 1. The Morgan fingerprint density at radius 2 is 1.75 bits per heavy atom. The van der Waals surface area contributed by atoms with E-state index in [9.17, 15) is 14.4 Å². The van der Waals surface area contributed by atoms with Crippen LogP contribution in [0.2, 0.25) is 15.1 Å². The van der Waals surface area contributed by atoms with Crippen LogP contribution in [0.4, 0.5) is 11.4 Å². The van der Waals surface area contributed by atoms with Gasteiger partial charge in [-0.15, -0.1) is 0 Å². The summed E-state index contributed by atoms with van der Waals surface area (Å²) in [5, 5.41) is 4.18. The van der Waals surface area contributed by atoms with Crippen LogP contribution >= 0.6 is 34.8 Å². The van der Waals surface area contributed by atoms with Gasteiger partial charge in [-0.1, -0.05) is 40.9 Å². The Labute approximate surface area is 199 Å². The zero-order valence-corrected chi connectivity index (χ0v) is 19.3. The number of amides is 3. The van der Waals surface area contributed by atoms with Gasteiger partial charge in [-0.25, -0.2) is 4.90 Å². The number of hydrogen-bond acceptors (Lipinski definition) is 4. The van der Waals surface area contributed by atoms with Crippen molar-refractivity contribution in [3.8, 4) is 0 Å². The van der Waals surface area contributed by atoms with Gasteiger partial charge in [-0.3, -0.25) is 19.3 Å². The molecule has 4 aliphatic heterocycles. The zero-order valence-electron chi connectivity index (χ0n) is 17.0. The molecule has 0 unspecified atom stereocenters. The largest absolute Gasteiger partial charge is 0.324 e. The van der Waals surface area contributed by atoms with Gasteiger partial charge in [0.05, 0.1) is 23.2 Å². The number of carbonyl (C=O) groups is 3. The van der Waals surface area contributed by atoms with Gasteiger partial charge >= 0.3 is 0 Å². The van der Waals surface area contributed by atoms with E-state index in [4.69, 9.17) is 34.8 Å². The molecule has 1 N–H and O–H groups in total. The molecule has 1 spiro atoms. The average molecular weight is 491 g/mol. The molecule has 3 amide bonds. The van der Waals surface area contributed by atoms with Crippen LogP contribution in [0.25, 0.3) is 0 Å². The van der Waals surface area contributed by atoms with E-state index in [1.54, 1.807) is 24.3 Å². The maximum absolute atomic E-state index is 13.9. The number of halogens is 3. The van der Waals surface area contributed by atoms with Crippen LogP contribution in [-0.2, 0) is 19.9 Å². The van der Waals surface area contributed by atoms with Crippen molar-refractivity contribution < 1.29 is 14.4 Å². The molecule has 2 aromatic rings. The lowest BCUT2D eigenvalue weighted by molar-refractivity contribution is -0.135. The summed E-state index contributed by atoms with van der Waals surface area (Å²) in [5.41, 5.74) is 1.20. The molecule has 0 radical (unpaired) electrons. The monoisotopic (exact) mass is 489 g/mol. The van der Waals surface area contributed by atoms with Crippen LogP contribution in [-0.4, -0.2) is 35.2 Å². The molecule has 4 heterocycles. The molecular weight excluding hydrogens is 473 g/mol. The Morgan fingerprint density at radius 3 is 2.47 bits per heavy atom. The smallest absolute Gasteiger partial charge is 0.250 e. The topological polar surface area (TPSA) is 69.7 Å². The van der Waals surface area contributed by atoms with Crippen LogP contribution in [0.3, 0.4) is 0 Å². The average Bonchev–Trinajstić information content (AvgIpc) is 3.43. The summed E-state index contributed by atoms with van der Waals surface area (Å²) < 4.78 is 0. The highest BCUT2D eigenvalue weighted by atomic mass is 35.5. The number of nitrogens with zero attached hydrogens (tertiary/aromatic N) is 2. The number of benzene rings is 2. The summed E-state index contributed by atoms with van der Waals surface area (Å²) in [4.78, 5) is 44.5. The van der Waals surface area contributed by atoms with Crippen molar-refractivity contribution in [2.45, 2.75) is 31.3 Å². The first-order valence-electron chi connectivity index (χ1n) is 10.5. The SMILES string of the molecule is Cc1c(Cl)ccc2c1NC(=O)[C@@]21[C@@H]2C(=O)N(c3cc(Cl)cc(Cl)c3)C(=O)[C@H]2[C@@H]2CCCN21. The third kappa shape index (κ3) is 2.34. The van der Waals surface area contributed by atoms with Gasteiger partial charge in [0.15, 0.2) is 0 Å². The molecule has 32 heavy (non-hydrogen) atoms. The van der Waals surface area contributed by atoms with Crippen molar-refractivity contribution in [1.29, 1.82) is 0 Å². The fourth-order valence-corrected chi connectivity index (χ4v) is 6.99. The van der Waals surface area contributed by atoms with Gasteiger partial charge in [-0.05, 0) is 56.1 Å². The van der Waals surface area contributed by atoms with Gasteiger partial charge in [-0.2, -0.15) is 0 Å². The molecule has 164 valence electrons. The standard InChI is InChI=1S/C23H18Cl3N3O3/c1-10-15(26)5-4-14-19(10)27-22(32)23(14)18-17(16-3-2-6-28(16)23)20(30)29(21(18)31)13-8-11(24)7-12(25)9-13/h4-5,7-9,16-18H,2-3,6H2,1H3,(H,27,32)/t16-,17-,18-,23-/m0/s1. The van der Waals surface area contributed by atoms with E-state index < -0.39 is 23.3 Å². The second-order valence-corrected chi connectivity index (χ2v) is 10.1. The van der Waals surface area contributed by atoms with Crippen LogP contribution in [0.1, 0.15) is 24.0 Å². The number of anilines is 2. The fourth-order valence-electron chi connectivity index (χ4n) is 6.31. The molecule has 3 fully saturated rings. The highest BCUT2D eigenvalue weighted by Gasteiger charge is 2.74. The molecule has 9 heteroatoms. The highest BCUT2D eigenvalue weighted by molar-refractivity contribution is 6.36. The summed E-state index contributed by atoms with van der Waals surface area (Å²) in [6, 6.07) is 8.03. The van der Waals surface area contributed by atoms with Crippen molar-refractivity contribution in [3.05, 3.63) is 56.5 Å². The van der Waals surface area contributed by atoms with E-state index in [0.717, 1.165) is 24.0 Å². The van der Waals surface area contributed by atoms with Gasteiger partial charge < -0.3 is 5.32 Å². The minimum atomic E-state index is -1.24. The molecule has 0 bridgehead atoms. The number of nitrogens with one attached hydrogen (secondary N) is 1. The van der Waals surface area contributed by atoms with E-state index in [2.05, 4.69) is 10.2 Å². The summed E-state index contributed by atoms with van der Waals surface area (Å²) in [5.74, 6) is -2.43. The maximum Gasteiger partial charge on any atom is 0.250 e. The van der Waals surface area contributed by atoms with E-state index in [1.165, 1.54) is 4.90 Å². The quantitative estimate of drug-likeness (QED) is 0.602. The summed E-state index contributed by atoms with van der Waals surface area (Å²) >= 11 is 18.6. The molecule has 0 saturated carbocycles. The molecule has 6 nitrogen and oxygen atoms in total. The minimum absolute atomic E-state index is 0.191. The lowest BCUT2D eigenvalue weighted by Gasteiger charge is -2.36. The molecule has 4 aliphatic rings. The van der Waals surface area contributed by atoms with E-state index in [-0.39, 0.29) is 17.9 Å². The second-order valence-electron chi connectivity index (χ2n) is 8.86. The second kappa shape index (κ2) is 6.70. The van der Waals surface area contributed by atoms with Crippen molar-refractivity contribution >= 4 is 63.9 Å². The third-order valence-electron chi connectivity index (χ3n) is 7.47. The maximum atomic E-state index is 13.9. The summed E-state index contributed by atoms with van der Waals surface area (Å²) in [7, 11) is 0. The minimum Gasteiger partial charge on any atom is -0.324 e. The van der Waals surface area contributed by atoms with Crippen molar-refractivity contribution in [2.24, 2.45) is 11.8 Å². The zero-order chi connectivity index (χ0) is 22.5. The Balaban J connectivity index is 1.57. The Morgan fingerprint density at radius 1 is 1.03 bits per heavy atom. The molecule has 2 aromatic carbocycles. The predicted octanol–water partition coefficient (Wildman–Crippen LogP) is 4.39. The first-order chi connectivity index (χ1) is 15.3. The Kier molecular flexibility index (Phi) is 4.29. The van der Waals surface area contributed by atoms with E-state index >= 15 is 0 Å². The van der Waals surface area contributed by atoms with Gasteiger partial charge in [0.1, 0.15) is 5.54 Å². The summed E-state index contributed by atoms with van der Waals surface area (Å²) in [6.45, 7) is 2.49. The molecular formula is C23H18Cl3N3O3. The van der Waals surface area contributed by atoms with Crippen LogP contribution in [0, 0.1) is 18.8 Å². The number of rotatable bonds is 1. The fraction of sp³-hybridized carbons (Fsp3) is 0.348. The van der Waals surface area contributed by atoms with Crippen molar-refractivity contribution in [2.75, 3.05) is 16.8 Å². The highest BCUT2D eigenvalue weighted by Crippen LogP contribution is 2.61. The third-order valence-corrected chi connectivity index (χ3v) is 8.31. The van der Waals surface area contributed by atoms with Gasteiger partial charge in [0, 0.05) is 26.7 Å². The van der Waals surface area contributed by atoms with Crippen molar-refractivity contribution in [1.82, 2.24) is 4.90 Å². The predicted molar refractivity (Wildman–Crippen MR) is 122 cm³/mol. The number of carbonyl (C=O) groups excluding carboxylic acids is 3. The van der Waals surface area contributed by atoms with Crippen LogP contribution < -0.4 is 10.2 Å². The van der Waals surface area contributed by atoms with E-state index in [1.807, 2.05) is 13.0 Å². The van der Waals surface area contributed by atoms with E-state index in [0.29, 0.717) is 33.0 Å². The van der Waals surface area contributed by atoms with Gasteiger partial charge in [0.2, 0.25) is 17.7 Å². The molecule has 3 saturated heterocycles. The van der Waals surface area contributed by atoms with Crippen molar-refractivity contribution in [3.63, 3.8) is 0 Å². The lowest BCUT2D eigenvalue weighted by Crippen LogP contribution is -2.54. The molecule has 4 atom stereocenters. The summed E-state index contributed by atoms with van der Waals surface area (Å²) in [6.07, 6.45) is 1.61. The molecule has 0 aliphatic carbocycles. The Hall–Kier alpha value is -2.12. The lowest BCUT2D eigenvalue weighted by atomic mass is 9.75. The van der Waals surface area contributed by atoms with Gasteiger partial charge in [0.25, 0.3) is 0 Å². The Bertz CT molecular complexity index is 1230. The molecule has 0 aromatic heterocycles. The normalized spacial score (nSPS) is 30.8. The van der Waals surface area contributed by atoms with Crippen LogP contribution in [0.15, 0.2) is 30.3 Å². The molecule has 6 rings (SSSR count). The first kappa shape index (κ1) is 20.5. The first-order valence-corrected chi connectivity index (χ1v) is 11.6. The number of hydrogen-bond donors (Lipinski definition) is 1.